The van der Waals surface area contributed by atoms with Gasteiger partial charge in [0.1, 0.15) is 17.3 Å². The summed E-state index contributed by atoms with van der Waals surface area (Å²) in [5.41, 5.74) is 1.84. The number of rotatable bonds is 7. The summed E-state index contributed by atoms with van der Waals surface area (Å²) in [5, 5.41) is 16.4. The van der Waals surface area contributed by atoms with Gasteiger partial charge in [-0.15, -0.1) is 0 Å². The second kappa shape index (κ2) is 8.27. The maximum Gasteiger partial charge on any atom is 0.404 e. The van der Waals surface area contributed by atoms with Crippen LogP contribution in [-0.4, -0.2) is 30.4 Å². The number of nitrogens with one attached hydrogen (secondary N) is 2. The van der Waals surface area contributed by atoms with E-state index in [-0.39, 0.29) is 6.54 Å². The fourth-order valence-electron chi connectivity index (χ4n) is 2.82. The van der Waals surface area contributed by atoms with Crippen LogP contribution in [0.25, 0.3) is 10.8 Å². The molecule has 0 spiro atoms. The lowest BCUT2D eigenvalue weighted by Gasteiger charge is -2.13. The first kappa shape index (κ1) is 18.3. The van der Waals surface area contributed by atoms with Crippen LogP contribution in [-0.2, 0) is 13.1 Å². The van der Waals surface area contributed by atoms with Gasteiger partial charge < -0.3 is 25.2 Å². The van der Waals surface area contributed by atoms with E-state index < -0.39 is 6.09 Å². The minimum Gasteiger partial charge on any atom is -0.497 e. The van der Waals surface area contributed by atoms with Gasteiger partial charge in [-0.1, -0.05) is 12.1 Å². The van der Waals surface area contributed by atoms with Gasteiger partial charge in [-0.2, -0.15) is 0 Å². The Hall–Kier alpha value is -3.48. The van der Waals surface area contributed by atoms with Crippen LogP contribution in [0.5, 0.6) is 11.5 Å². The topological polar surface area (TPSA) is 92.7 Å². The van der Waals surface area contributed by atoms with Gasteiger partial charge in [0.25, 0.3) is 0 Å². The Morgan fingerprint density at radius 1 is 1.07 bits per heavy atom. The zero-order valence-electron chi connectivity index (χ0n) is 15.2. The average Bonchev–Trinajstić information content (AvgIpc) is 2.70. The van der Waals surface area contributed by atoms with Gasteiger partial charge in [-0.05, 0) is 35.2 Å². The Labute approximate surface area is 156 Å². The monoisotopic (exact) mass is 367 g/mol. The maximum absolute atomic E-state index is 10.7. The zero-order chi connectivity index (χ0) is 19.2. The Morgan fingerprint density at radius 3 is 2.67 bits per heavy atom. The molecule has 0 aliphatic carbocycles. The summed E-state index contributed by atoms with van der Waals surface area (Å²) >= 11 is 0. The number of hydrogen-bond acceptors (Lipinski definition) is 5. The number of aromatic nitrogens is 1. The molecule has 3 aromatic rings. The van der Waals surface area contributed by atoms with Crippen molar-refractivity contribution in [2.24, 2.45) is 0 Å². The van der Waals surface area contributed by atoms with Crippen molar-refractivity contribution >= 4 is 22.7 Å². The van der Waals surface area contributed by atoms with E-state index in [2.05, 4.69) is 15.6 Å². The number of amides is 1. The molecule has 0 aliphatic rings. The third-order valence-corrected chi connectivity index (χ3v) is 4.21. The average molecular weight is 367 g/mol. The summed E-state index contributed by atoms with van der Waals surface area (Å²) in [7, 11) is 3.24. The van der Waals surface area contributed by atoms with Crippen molar-refractivity contribution in [2.75, 3.05) is 19.5 Å². The molecular weight excluding hydrogens is 346 g/mol. The predicted octanol–water partition coefficient (Wildman–Crippen LogP) is 3.63. The third-order valence-electron chi connectivity index (χ3n) is 4.21. The highest BCUT2D eigenvalue weighted by Gasteiger charge is 2.08. The van der Waals surface area contributed by atoms with Gasteiger partial charge in [0, 0.05) is 36.3 Å². The molecule has 1 amide bonds. The second-order valence-electron chi connectivity index (χ2n) is 5.91. The van der Waals surface area contributed by atoms with E-state index in [0.717, 1.165) is 39.2 Å². The quantitative estimate of drug-likeness (QED) is 0.590. The van der Waals surface area contributed by atoms with Crippen molar-refractivity contribution < 1.29 is 19.4 Å². The number of anilines is 1. The van der Waals surface area contributed by atoms with Gasteiger partial charge in [0.15, 0.2) is 0 Å². The fourth-order valence-corrected chi connectivity index (χ4v) is 2.82. The summed E-state index contributed by atoms with van der Waals surface area (Å²) in [5.74, 6) is 2.19. The largest absolute Gasteiger partial charge is 0.497 e. The van der Waals surface area contributed by atoms with E-state index in [9.17, 15) is 4.79 Å². The van der Waals surface area contributed by atoms with Crippen molar-refractivity contribution in [2.45, 2.75) is 13.1 Å². The number of carboxylic acid groups (broad SMARTS) is 1. The van der Waals surface area contributed by atoms with E-state index in [4.69, 9.17) is 14.6 Å². The molecule has 0 saturated heterocycles. The summed E-state index contributed by atoms with van der Waals surface area (Å²) in [6.45, 7) is 0.767. The highest BCUT2D eigenvalue weighted by atomic mass is 16.5. The van der Waals surface area contributed by atoms with E-state index >= 15 is 0 Å². The minimum atomic E-state index is -1.05. The predicted molar refractivity (Wildman–Crippen MR) is 103 cm³/mol. The molecule has 0 fully saturated rings. The second-order valence-corrected chi connectivity index (χ2v) is 5.91. The summed E-state index contributed by atoms with van der Waals surface area (Å²) in [4.78, 5) is 15.1. The molecule has 0 saturated carbocycles. The molecule has 2 aromatic carbocycles. The third kappa shape index (κ3) is 4.38. The van der Waals surface area contributed by atoms with Crippen LogP contribution in [0.3, 0.4) is 0 Å². The molecule has 0 unspecified atom stereocenters. The lowest BCUT2D eigenvalue weighted by atomic mass is 10.1. The van der Waals surface area contributed by atoms with Crippen molar-refractivity contribution in [1.82, 2.24) is 10.3 Å². The van der Waals surface area contributed by atoms with E-state index in [1.807, 2.05) is 42.5 Å². The van der Waals surface area contributed by atoms with Crippen LogP contribution in [0.4, 0.5) is 10.6 Å². The summed E-state index contributed by atoms with van der Waals surface area (Å²) in [6, 6.07) is 13.4. The number of ether oxygens (including phenoxy) is 2. The number of benzene rings is 2. The normalized spacial score (nSPS) is 10.4. The van der Waals surface area contributed by atoms with Crippen LogP contribution in [0.1, 0.15) is 11.1 Å². The lowest BCUT2D eigenvalue weighted by molar-refractivity contribution is 0.194. The Balaban J connectivity index is 1.84. The van der Waals surface area contributed by atoms with Crippen molar-refractivity contribution in [1.29, 1.82) is 0 Å². The molecule has 7 heteroatoms. The van der Waals surface area contributed by atoms with Crippen LogP contribution in [0.15, 0.2) is 48.7 Å². The van der Waals surface area contributed by atoms with Gasteiger partial charge >= 0.3 is 6.09 Å². The molecule has 0 aliphatic heterocycles. The molecule has 3 N–H and O–H groups in total. The molecule has 3 rings (SSSR count). The van der Waals surface area contributed by atoms with Gasteiger partial charge in [0.05, 0.1) is 14.2 Å². The summed E-state index contributed by atoms with van der Waals surface area (Å²) < 4.78 is 10.7. The first-order chi connectivity index (χ1) is 13.1. The van der Waals surface area contributed by atoms with Crippen LogP contribution >= 0.6 is 0 Å². The molecule has 0 radical (unpaired) electrons. The van der Waals surface area contributed by atoms with Crippen LogP contribution in [0, 0.1) is 0 Å². The first-order valence-corrected chi connectivity index (χ1v) is 8.40. The number of fused-ring (bicyclic) bond motifs is 1. The van der Waals surface area contributed by atoms with Crippen molar-refractivity contribution in [3.63, 3.8) is 0 Å². The smallest absolute Gasteiger partial charge is 0.404 e. The number of methoxy groups -OCH3 is 2. The Morgan fingerprint density at radius 2 is 1.93 bits per heavy atom. The van der Waals surface area contributed by atoms with E-state index in [1.54, 1.807) is 20.4 Å². The van der Waals surface area contributed by atoms with Crippen molar-refractivity contribution in [3.8, 4) is 11.5 Å². The standard InChI is InChI=1S/C20H21N3O4/c1-26-16-6-5-15(18(10-16)27-2)12-22-19-17-9-13(11-23-20(24)25)3-4-14(17)7-8-21-19/h3-10,23H,11-12H2,1-2H3,(H,21,22)(H,24,25). The molecule has 140 valence electrons. The SMILES string of the molecule is COc1ccc(CNc2nccc3ccc(CNC(=O)O)cc23)c(OC)c1. The zero-order valence-corrected chi connectivity index (χ0v) is 15.2. The molecule has 27 heavy (non-hydrogen) atoms. The molecule has 1 heterocycles. The van der Waals surface area contributed by atoms with Gasteiger partial charge in [-0.3, -0.25) is 0 Å². The molecule has 0 atom stereocenters. The van der Waals surface area contributed by atoms with Crippen LogP contribution < -0.4 is 20.1 Å². The Bertz CT molecular complexity index is 959. The van der Waals surface area contributed by atoms with E-state index in [0.29, 0.717) is 6.54 Å². The number of nitrogens with zero attached hydrogens (tertiary/aromatic N) is 1. The first-order valence-electron chi connectivity index (χ1n) is 8.40. The maximum atomic E-state index is 10.7. The van der Waals surface area contributed by atoms with Gasteiger partial charge in [-0.25, -0.2) is 9.78 Å². The van der Waals surface area contributed by atoms with Crippen molar-refractivity contribution in [3.05, 3.63) is 59.8 Å². The van der Waals surface area contributed by atoms with E-state index in [1.165, 1.54) is 0 Å². The number of hydrogen-bond donors (Lipinski definition) is 3. The summed E-state index contributed by atoms with van der Waals surface area (Å²) in [6.07, 6.45) is 0.691. The number of pyridine rings is 1. The minimum absolute atomic E-state index is 0.242. The Kier molecular flexibility index (Phi) is 5.61. The lowest BCUT2D eigenvalue weighted by Crippen LogP contribution is -2.19. The molecule has 7 nitrogen and oxygen atoms in total. The fraction of sp³-hybridized carbons (Fsp3) is 0.200. The highest BCUT2D eigenvalue weighted by molar-refractivity contribution is 5.92. The van der Waals surface area contributed by atoms with Gasteiger partial charge in [0.2, 0.25) is 0 Å². The molecule has 1 aromatic heterocycles. The molecular formula is C20H21N3O4. The molecule has 0 bridgehead atoms. The van der Waals surface area contributed by atoms with Crippen LogP contribution in [0.2, 0.25) is 0 Å². The highest BCUT2D eigenvalue weighted by Crippen LogP contribution is 2.27. The number of carbonyl (C=O) groups is 1.